The molecule has 1 heterocycles. The number of nitrogens with zero attached hydrogens (tertiary/aromatic N) is 1. The Bertz CT molecular complexity index is 692. The van der Waals surface area contributed by atoms with E-state index in [1.165, 1.54) is 0 Å². The SMILES string of the molecule is CN=C(NCCCOC1CCOC1)NCCNS(=O)(=O)c1ccc(C)cc1.I. The maximum Gasteiger partial charge on any atom is 0.240 e. The number of nitrogens with one attached hydrogen (secondary N) is 3. The number of benzene rings is 1. The minimum Gasteiger partial charge on any atom is -0.379 e. The Labute approximate surface area is 184 Å². The Morgan fingerprint density at radius 1 is 1.21 bits per heavy atom. The molecule has 1 saturated heterocycles. The average molecular weight is 526 g/mol. The predicted octanol–water partition coefficient (Wildman–Crippen LogP) is 1.25. The van der Waals surface area contributed by atoms with Crippen molar-refractivity contribution >= 4 is 40.0 Å². The molecule has 1 fully saturated rings. The van der Waals surface area contributed by atoms with E-state index in [1.54, 1.807) is 31.3 Å². The highest BCUT2D eigenvalue weighted by atomic mass is 127. The summed E-state index contributed by atoms with van der Waals surface area (Å²) in [5.74, 6) is 0.633. The Balaban J connectivity index is 0.00000392. The highest BCUT2D eigenvalue weighted by molar-refractivity contribution is 14.0. The van der Waals surface area contributed by atoms with E-state index >= 15 is 0 Å². The molecule has 3 N–H and O–H groups in total. The Hall–Kier alpha value is -0.950. The Morgan fingerprint density at radius 3 is 2.57 bits per heavy atom. The number of hydrogen-bond donors (Lipinski definition) is 3. The molecule has 8 nitrogen and oxygen atoms in total. The maximum atomic E-state index is 12.2. The quantitative estimate of drug-likeness (QED) is 0.184. The first kappa shape index (κ1) is 25.1. The fourth-order valence-corrected chi connectivity index (χ4v) is 3.59. The molecule has 0 aromatic heterocycles. The summed E-state index contributed by atoms with van der Waals surface area (Å²) in [4.78, 5) is 4.39. The number of guanidine groups is 1. The van der Waals surface area contributed by atoms with Gasteiger partial charge in [0.1, 0.15) is 0 Å². The summed E-state index contributed by atoms with van der Waals surface area (Å²) < 4.78 is 37.9. The van der Waals surface area contributed by atoms with Crippen molar-refractivity contribution in [2.75, 3.05) is 46.5 Å². The zero-order valence-corrected chi connectivity index (χ0v) is 19.6. The van der Waals surface area contributed by atoms with Crippen molar-refractivity contribution in [3.63, 3.8) is 0 Å². The molecule has 1 aliphatic rings. The first-order valence-corrected chi connectivity index (χ1v) is 10.7. The molecule has 28 heavy (non-hydrogen) atoms. The van der Waals surface area contributed by atoms with Gasteiger partial charge in [0.15, 0.2) is 5.96 Å². The average Bonchev–Trinajstić information content (AvgIpc) is 3.17. The molecule has 1 aromatic carbocycles. The highest BCUT2D eigenvalue weighted by Gasteiger charge is 2.15. The number of aryl methyl sites for hydroxylation is 1. The molecule has 1 aliphatic heterocycles. The molecule has 10 heteroatoms. The maximum absolute atomic E-state index is 12.2. The number of rotatable bonds is 10. The molecule has 160 valence electrons. The van der Waals surface area contributed by atoms with E-state index in [-0.39, 0.29) is 41.5 Å². The fourth-order valence-electron chi connectivity index (χ4n) is 2.56. The van der Waals surface area contributed by atoms with Crippen LogP contribution in [-0.2, 0) is 19.5 Å². The molecular formula is C18H31IN4O4S. The van der Waals surface area contributed by atoms with Crippen LogP contribution in [0.4, 0.5) is 0 Å². The first-order valence-electron chi connectivity index (χ1n) is 9.21. The predicted molar refractivity (Wildman–Crippen MR) is 121 cm³/mol. The van der Waals surface area contributed by atoms with E-state index in [2.05, 4.69) is 20.3 Å². The number of ether oxygens (including phenoxy) is 2. The van der Waals surface area contributed by atoms with Gasteiger partial charge in [-0.1, -0.05) is 17.7 Å². The van der Waals surface area contributed by atoms with Crippen molar-refractivity contribution in [3.8, 4) is 0 Å². The zero-order chi connectivity index (χ0) is 19.5. The van der Waals surface area contributed by atoms with Crippen LogP contribution in [0, 0.1) is 6.92 Å². The fraction of sp³-hybridized carbons (Fsp3) is 0.611. The third-order valence-electron chi connectivity index (χ3n) is 4.12. The lowest BCUT2D eigenvalue weighted by Gasteiger charge is -2.13. The highest BCUT2D eigenvalue weighted by Crippen LogP contribution is 2.09. The third kappa shape index (κ3) is 9.03. The van der Waals surface area contributed by atoms with Gasteiger partial charge >= 0.3 is 0 Å². The van der Waals surface area contributed by atoms with Gasteiger partial charge in [0.2, 0.25) is 10.0 Å². The second kappa shape index (κ2) is 13.3. The van der Waals surface area contributed by atoms with Gasteiger partial charge in [-0.2, -0.15) is 0 Å². The van der Waals surface area contributed by atoms with Crippen LogP contribution in [0.5, 0.6) is 0 Å². The molecule has 1 unspecified atom stereocenters. The summed E-state index contributed by atoms with van der Waals surface area (Å²) >= 11 is 0. The Kier molecular flexibility index (Phi) is 11.9. The van der Waals surface area contributed by atoms with E-state index in [1.807, 2.05) is 6.92 Å². The molecule has 1 aromatic rings. The van der Waals surface area contributed by atoms with Gasteiger partial charge in [0.05, 0.1) is 17.6 Å². The lowest BCUT2D eigenvalue weighted by atomic mass is 10.2. The van der Waals surface area contributed by atoms with Gasteiger partial charge in [0.25, 0.3) is 0 Å². The van der Waals surface area contributed by atoms with Crippen molar-refractivity contribution in [1.82, 2.24) is 15.4 Å². The molecule has 2 rings (SSSR count). The second-order valence-electron chi connectivity index (χ2n) is 6.35. The lowest BCUT2D eigenvalue weighted by Crippen LogP contribution is -2.42. The van der Waals surface area contributed by atoms with Crippen molar-refractivity contribution < 1.29 is 17.9 Å². The number of sulfonamides is 1. The molecule has 0 saturated carbocycles. The van der Waals surface area contributed by atoms with Crippen LogP contribution in [0.25, 0.3) is 0 Å². The minimum atomic E-state index is -3.49. The van der Waals surface area contributed by atoms with Crippen molar-refractivity contribution in [1.29, 1.82) is 0 Å². The van der Waals surface area contributed by atoms with E-state index in [9.17, 15) is 8.42 Å². The van der Waals surface area contributed by atoms with Gasteiger partial charge in [-0.15, -0.1) is 24.0 Å². The van der Waals surface area contributed by atoms with E-state index in [4.69, 9.17) is 9.47 Å². The molecular weight excluding hydrogens is 495 g/mol. The molecule has 0 radical (unpaired) electrons. The smallest absolute Gasteiger partial charge is 0.240 e. The molecule has 0 amide bonds. The van der Waals surface area contributed by atoms with Gasteiger partial charge in [-0.3, -0.25) is 4.99 Å². The summed E-state index contributed by atoms with van der Waals surface area (Å²) in [5.41, 5.74) is 1.02. The second-order valence-corrected chi connectivity index (χ2v) is 8.11. The van der Waals surface area contributed by atoms with Crippen molar-refractivity contribution in [2.24, 2.45) is 4.99 Å². The van der Waals surface area contributed by atoms with E-state index in [0.29, 0.717) is 25.7 Å². The standard InChI is InChI=1S/C18H30N4O4S.HI/c1-15-4-6-17(7-5-15)27(23,24)22-11-10-21-18(19-2)20-9-3-12-26-16-8-13-25-14-16;/h4-7,16,22H,3,8-14H2,1-2H3,(H2,19,20,21);1H. The first-order chi connectivity index (χ1) is 13.0. The van der Waals surface area contributed by atoms with Crippen LogP contribution in [0.2, 0.25) is 0 Å². The van der Waals surface area contributed by atoms with Crippen LogP contribution >= 0.6 is 24.0 Å². The van der Waals surface area contributed by atoms with Crippen LogP contribution in [0.15, 0.2) is 34.2 Å². The monoisotopic (exact) mass is 526 g/mol. The number of hydrogen-bond acceptors (Lipinski definition) is 5. The summed E-state index contributed by atoms with van der Waals surface area (Å²) in [6.45, 7) is 5.49. The number of halogens is 1. The number of aliphatic imine (C=N–C) groups is 1. The minimum absolute atomic E-state index is 0. The summed E-state index contributed by atoms with van der Waals surface area (Å²) in [7, 11) is -1.81. The molecule has 0 aliphatic carbocycles. The normalized spacial score (nSPS) is 17.2. The van der Waals surface area contributed by atoms with Crippen LogP contribution in [0.3, 0.4) is 0 Å². The molecule has 0 spiro atoms. The zero-order valence-electron chi connectivity index (χ0n) is 16.4. The third-order valence-corrected chi connectivity index (χ3v) is 5.60. The molecule has 1 atom stereocenters. The summed E-state index contributed by atoms with van der Waals surface area (Å²) in [6.07, 6.45) is 2.05. The largest absolute Gasteiger partial charge is 0.379 e. The topological polar surface area (TPSA) is 101 Å². The summed E-state index contributed by atoms with van der Waals surface area (Å²) in [5, 5.41) is 6.27. The van der Waals surface area contributed by atoms with Crippen molar-refractivity contribution in [2.45, 2.75) is 30.8 Å². The summed E-state index contributed by atoms with van der Waals surface area (Å²) in [6, 6.07) is 6.76. The lowest BCUT2D eigenvalue weighted by molar-refractivity contribution is 0.0420. The van der Waals surface area contributed by atoms with Gasteiger partial charge in [-0.05, 0) is 31.9 Å². The van der Waals surface area contributed by atoms with Gasteiger partial charge in [-0.25, -0.2) is 13.1 Å². The van der Waals surface area contributed by atoms with Gasteiger partial charge < -0.3 is 20.1 Å². The van der Waals surface area contributed by atoms with Crippen LogP contribution < -0.4 is 15.4 Å². The van der Waals surface area contributed by atoms with Crippen LogP contribution in [0.1, 0.15) is 18.4 Å². The van der Waals surface area contributed by atoms with E-state index < -0.39 is 10.0 Å². The molecule has 0 bridgehead atoms. The van der Waals surface area contributed by atoms with Crippen LogP contribution in [-0.4, -0.2) is 67.0 Å². The van der Waals surface area contributed by atoms with Gasteiger partial charge in [0, 0.05) is 39.9 Å². The van der Waals surface area contributed by atoms with E-state index in [0.717, 1.165) is 31.6 Å². The Morgan fingerprint density at radius 2 is 1.93 bits per heavy atom. The van der Waals surface area contributed by atoms with Crippen molar-refractivity contribution in [3.05, 3.63) is 29.8 Å².